The highest BCUT2D eigenvalue weighted by Crippen LogP contribution is 2.40. The van der Waals surface area contributed by atoms with Gasteiger partial charge in [0.15, 0.2) is 11.5 Å². The molecular weight excluding hydrogens is 330 g/mol. The standard InChI is InChI=1S/C21H25NO4/c1-13-6-8-17-15(10-13)16(12-21(2,3)26-17)22-20(23)14-7-9-18(24-4)19(11-14)25-5/h6-11,16H,12H2,1-5H3,(H,22,23). The Labute approximate surface area is 154 Å². The number of hydrogen-bond acceptors (Lipinski definition) is 4. The Kier molecular flexibility index (Phi) is 4.81. The number of nitrogens with one attached hydrogen (secondary N) is 1. The largest absolute Gasteiger partial charge is 0.493 e. The quantitative estimate of drug-likeness (QED) is 0.899. The molecule has 0 aliphatic carbocycles. The number of ether oxygens (including phenoxy) is 3. The van der Waals surface area contributed by atoms with Crippen molar-refractivity contribution in [2.75, 3.05) is 14.2 Å². The Morgan fingerprint density at radius 2 is 1.85 bits per heavy atom. The molecule has 1 heterocycles. The van der Waals surface area contributed by atoms with Gasteiger partial charge < -0.3 is 19.5 Å². The zero-order valence-corrected chi connectivity index (χ0v) is 15.9. The lowest BCUT2D eigenvalue weighted by molar-refractivity contribution is 0.0619. The van der Waals surface area contributed by atoms with Crippen LogP contribution in [-0.2, 0) is 0 Å². The molecule has 2 aromatic carbocycles. The zero-order chi connectivity index (χ0) is 18.9. The van der Waals surface area contributed by atoms with E-state index in [1.54, 1.807) is 32.4 Å². The summed E-state index contributed by atoms with van der Waals surface area (Å²) in [6, 6.07) is 11.1. The first-order valence-corrected chi connectivity index (χ1v) is 8.65. The van der Waals surface area contributed by atoms with E-state index in [0.717, 1.165) is 16.9 Å². The van der Waals surface area contributed by atoms with Gasteiger partial charge in [-0.3, -0.25) is 4.79 Å². The molecule has 0 radical (unpaired) electrons. The number of aryl methyl sites for hydroxylation is 1. The Hall–Kier alpha value is -2.69. The predicted molar refractivity (Wildman–Crippen MR) is 100 cm³/mol. The topological polar surface area (TPSA) is 56.8 Å². The second-order valence-electron chi connectivity index (χ2n) is 7.20. The Balaban J connectivity index is 1.88. The summed E-state index contributed by atoms with van der Waals surface area (Å²) in [5.41, 5.74) is 2.33. The first kappa shape index (κ1) is 18.1. The molecule has 5 nitrogen and oxygen atoms in total. The van der Waals surface area contributed by atoms with Crippen molar-refractivity contribution in [3.8, 4) is 17.2 Å². The number of carbonyl (C=O) groups excluding carboxylic acids is 1. The van der Waals surface area contributed by atoms with E-state index in [-0.39, 0.29) is 17.6 Å². The second-order valence-corrected chi connectivity index (χ2v) is 7.20. The van der Waals surface area contributed by atoms with Crippen molar-refractivity contribution in [3.05, 3.63) is 53.1 Å². The molecule has 1 atom stereocenters. The normalized spacial score (nSPS) is 17.7. The number of benzene rings is 2. The maximum atomic E-state index is 12.8. The lowest BCUT2D eigenvalue weighted by Crippen LogP contribution is -2.41. The molecule has 3 rings (SSSR count). The first-order valence-electron chi connectivity index (χ1n) is 8.65. The van der Waals surface area contributed by atoms with E-state index in [4.69, 9.17) is 14.2 Å². The molecule has 0 fully saturated rings. The van der Waals surface area contributed by atoms with E-state index < -0.39 is 0 Å². The SMILES string of the molecule is COc1ccc(C(=O)NC2CC(C)(C)Oc3ccc(C)cc32)cc1OC. The van der Waals surface area contributed by atoms with Crippen molar-refractivity contribution in [1.82, 2.24) is 5.32 Å². The molecule has 138 valence electrons. The molecule has 0 bridgehead atoms. The zero-order valence-electron chi connectivity index (χ0n) is 15.9. The monoisotopic (exact) mass is 355 g/mol. The fourth-order valence-corrected chi connectivity index (χ4v) is 3.32. The summed E-state index contributed by atoms with van der Waals surface area (Å²) in [5, 5.41) is 3.15. The lowest BCUT2D eigenvalue weighted by Gasteiger charge is -2.38. The number of hydrogen-bond donors (Lipinski definition) is 1. The van der Waals surface area contributed by atoms with Gasteiger partial charge in [-0.2, -0.15) is 0 Å². The summed E-state index contributed by atoms with van der Waals surface area (Å²) < 4.78 is 16.6. The molecule has 1 aliphatic heterocycles. The number of methoxy groups -OCH3 is 2. The van der Waals surface area contributed by atoms with Crippen molar-refractivity contribution in [3.63, 3.8) is 0 Å². The number of fused-ring (bicyclic) bond motifs is 1. The Morgan fingerprint density at radius 1 is 1.12 bits per heavy atom. The van der Waals surface area contributed by atoms with Gasteiger partial charge in [-0.15, -0.1) is 0 Å². The summed E-state index contributed by atoms with van der Waals surface area (Å²) in [6.45, 7) is 6.10. The third-order valence-corrected chi connectivity index (χ3v) is 4.57. The molecule has 0 aromatic heterocycles. The molecule has 1 unspecified atom stereocenters. The fraction of sp³-hybridized carbons (Fsp3) is 0.381. The summed E-state index contributed by atoms with van der Waals surface area (Å²) in [4.78, 5) is 12.8. The van der Waals surface area contributed by atoms with E-state index >= 15 is 0 Å². The maximum Gasteiger partial charge on any atom is 0.251 e. The van der Waals surface area contributed by atoms with Crippen molar-refractivity contribution in [2.24, 2.45) is 0 Å². The fourth-order valence-electron chi connectivity index (χ4n) is 3.32. The highest BCUT2D eigenvalue weighted by atomic mass is 16.5. The van der Waals surface area contributed by atoms with Crippen molar-refractivity contribution in [1.29, 1.82) is 0 Å². The Morgan fingerprint density at radius 3 is 2.54 bits per heavy atom. The number of amides is 1. The van der Waals surface area contributed by atoms with Gasteiger partial charge in [-0.25, -0.2) is 0 Å². The molecule has 1 amide bonds. The maximum absolute atomic E-state index is 12.8. The van der Waals surface area contributed by atoms with E-state index in [1.807, 2.05) is 32.9 Å². The summed E-state index contributed by atoms with van der Waals surface area (Å²) >= 11 is 0. The average molecular weight is 355 g/mol. The van der Waals surface area contributed by atoms with Gasteiger partial charge >= 0.3 is 0 Å². The first-order chi connectivity index (χ1) is 12.3. The van der Waals surface area contributed by atoms with Gasteiger partial charge in [0.05, 0.1) is 20.3 Å². The smallest absolute Gasteiger partial charge is 0.251 e. The Bertz CT molecular complexity index is 829. The lowest BCUT2D eigenvalue weighted by atomic mass is 9.88. The van der Waals surface area contributed by atoms with Crippen LogP contribution in [-0.4, -0.2) is 25.7 Å². The molecule has 1 aliphatic rings. The van der Waals surface area contributed by atoms with Crippen LogP contribution in [0, 0.1) is 6.92 Å². The summed E-state index contributed by atoms with van der Waals surface area (Å²) in [6.07, 6.45) is 0.697. The third-order valence-electron chi connectivity index (χ3n) is 4.57. The van der Waals surface area contributed by atoms with Gasteiger partial charge in [0, 0.05) is 17.5 Å². The van der Waals surface area contributed by atoms with Gasteiger partial charge in [-0.1, -0.05) is 17.7 Å². The third kappa shape index (κ3) is 3.62. The van der Waals surface area contributed by atoms with E-state index in [0.29, 0.717) is 23.5 Å². The molecule has 0 spiro atoms. The van der Waals surface area contributed by atoms with Crippen LogP contribution in [0.5, 0.6) is 17.2 Å². The predicted octanol–water partition coefficient (Wildman–Crippen LogP) is 4.04. The van der Waals surface area contributed by atoms with E-state index in [9.17, 15) is 4.79 Å². The minimum absolute atomic E-state index is 0.116. The molecule has 1 N–H and O–H groups in total. The minimum Gasteiger partial charge on any atom is -0.493 e. The average Bonchev–Trinajstić information content (AvgIpc) is 2.61. The second kappa shape index (κ2) is 6.90. The molecule has 0 saturated heterocycles. The van der Waals surface area contributed by atoms with Crippen LogP contribution in [0.3, 0.4) is 0 Å². The summed E-state index contributed by atoms with van der Waals surface area (Å²) in [5.74, 6) is 1.80. The van der Waals surface area contributed by atoms with Crippen molar-refractivity contribution >= 4 is 5.91 Å². The van der Waals surface area contributed by atoms with Crippen LogP contribution in [0.4, 0.5) is 0 Å². The molecular formula is C21H25NO4. The van der Waals surface area contributed by atoms with Crippen molar-refractivity contribution < 1.29 is 19.0 Å². The molecule has 5 heteroatoms. The van der Waals surface area contributed by atoms with Crippen LogP contribution in [0.25, 0.3) is 0 Å². The minimum atomic E-state index is -0.349. The molecule has 0 saturated carbocycles. The highest BCUT2D eigenvalue weighted by molar-refractivity contribution is 5.95. The molecule has 2 aromatic rings. The summed E-state index contributed by atoms with van der Waals surface area (Å²) in [7, 11) is 3.13. The van der Waals surface area contributed by atoms with Crippen LogP contribution in [0.15, 0.2) is 36.4 Å². The van der Waals surface area contributed by atoms with Gasteiger partial charge in [0.25, 0.3) is 5.91 Å². The van der Waals surface area contributed by atoms with Crippen LogP contribution >= 0.6 is 0 Å². The van der Waals surface area contributed by atoms with Crippen LogP contribution < -0.4 is 19.5 Å². The highest BCUT2D eigenvalue weighted by Gasteiger charge is 2.34. The van der Waals surface area contributed by atoms with Crippen LogP contribution in [0.1, 0.15) is 47.8 Å². The van der Waals surface area contributed by atoms with E-state index in [2.05, 4.69) is 11.4 Å². The molecule has 26 heavy (non-hydrogen) atoms. The van der Waals surface area contributed by atoms with Crippen molar-refractivity contribution in [2.45, 2.75) is 38.8 Å². The van der Waals surface area contributed by atoms with Crippen LogP contribution in [0.2, 0.25) is 0 Å². The van der Waals surface area contributed by atoms with E-state index in [1.165, 1.54) is 0 Å². The van der Waals surface area contributed by atoms with Gasteiger partial charge in [0.2, 0.25) is 0 Å². The number of carbonyl (C=O) groups is 1. The van der Waals surface area contributed by atoms with Gasteiger partial charge in [-0.05, 0) is 45.0 Å². The number of rotatable bonds is 4. The van der Waals surface area contributed by atoms with Gasteiger partial charge in [0.1, 0.15) is 11.4 Å².